The maximum atomic E-state index is 5.96. The van der Waals surface area contributed by atoms with E-state index in [1.807, 2.05) is 37.4 Å². The van der Waals surface area contributed by atoms with Gasteiger partial charge in [0.15, 0.2) is 0 Å². The Hall–Kier alpha value is -2.00. The molecule has 0 aliphatic carbocycles. The average Bonchev–Trinajstić information content (AvgIpc) is 2.76. The lowest BCUT2D eigenvalue weighted by molar-refractivity contribution is 0.416. The fourth-order valence-electron chi connectivity index (χ4n) is 2.32. The van der Waals surface area contributed by atoms with Crippen molar-refractivity contribution in [2.75, 3.05) is 7.11 Å². The Kier molecular flexibility index (Phi) is 2.91. The molecule has 0 fully saturated rings. The molecule has 4 heteroatoms. The summed E-state index contributed by atoms with van der Waals surface area (Å²) in [6.07, 6.45) is 1.79. The first-order valence-corrected chi connectivity index (χ1v) is 6.33. The minimum atomic E-state index is 0.500. The minimum absolute atomic E-state index is 0.500. The maximum Gasteiger partial charge on any atom is 0.131 e. The normalized spacial score (nSPS) is 10.9. The van der Waals surface area contributed by atoms with Gasteiger partial charge in [-0.3, -0.25) is 0 Å². The van der Waals surface area contributed by atoms with Crippen molar-refractivity contribution in [2.45, 2.75) is 0 Å². The lowest BCUT2D eigenvalue weighted by Crippen LogP contribution is -1.94. The molecular weight excluding hydrogens is 260 g/mol. The molecule has 0 aliphatic heterocycles. The standard InChI is InChI=1S/C15H13ClN2O/c1-18-12-8-15(16)17-9-10(12)7-13(18)11-5-3-4-6-14(11)19-2/h3-9H,1-2H3. The van der Waals surface area contributed by atoms with Crippen LogP contribution in [0.4, 0.5) is 0 Å². The molecule has 2 aromatic heterocycles. The summed E-state index contributed by atoms with van der Waals surface area (Å²) in [7, 11) is 3.69. The van der Waals surface area contributed by atoms with Crippen LogP contribution in [0.25, 0.3) is 22.2 Å². The Balaban J connectivity index is 2.28. The summed E-state index contributed by atoms with van der Waals surface area (Å²) in [5.74, 6) is 0.854. The number of aryl methyl sites for hydroxylation is 1. The highest BCUT2D eigenvalue weighted by Gasteiger charge is 2.12. The third-order valence-electron chi connectivity index (χ3n) is 3.28. The number of pyridine rings is 1. The van der Waals surface area contributed by atoms with Gasteiger partial charge in [-0.15, -0.1) is 0 Å². The van der Waals surface area contributed by atoms with Crippen molar-refractivity contribution < 1.29 is 4.74 Å². The van der Waals surface area contributed by atoms with Crippen LogP contribution in [-0.4, -0.2) is 16.7 Å². The molecule has 0 radical (unpaired) electrons. The summed E-state index contributed by atoms with van der Waals surface area (Å²) < 4.78 is 7.52. The first-order valence-electron chi connectivity index (χ1n) is 5.95. The summed E-state index contributed by atoms with van der Waals surface area (Å²) in [4.78, 5) is 4.12. The van der Waals surface area contributed by atoms with E-state index in [0.29, 0.717) is 5.15 Å². The summed E-state index contributed by atoms with van der Waals surface area (Å²) in [5.41, 5.74) is 3.19. The topological polar surface area (TPSA) is 27.1 Å². The molecule has 1 aromatic carbocycles. The Morgan fingerprint density at radius 1 is 1.21 bits per heavy atom. The Bertz CT molecular complexity index is 749. The van der Waals surface area contributed by atoms with Crippen LogP contribution < -0.4 is 4.74 Å². The lowest BCUT2D eigenvalue weighted by atomic mass is 10.1. The number of methoxy groups -OCH3 is 1. The lowest BCUT2D eigenvalue weighted by Gasteiger charge is -2.09. The van der Waals surface area contributed by atoms with Gasteiger partial charge in [-0.05, 0) is 24.3 Å². The Morgan fingerprint density at radius 2 is 2.00 bits per heavy atom. The molecule has 19 heavy (non-hydrogen) atoms. The highest BCUT2D eigenvalue weighted by atomic mass is 35.5. The minimum Gasteiger partial charge on any atom is -0.496 e. The van der Waals surface area contributed by atoms with Crippen molar-refractivity contribution in [3.8, 4) is 17.0 Å². The molecule has 3 aromatic rings. The molecule has 0 aliphatic rings. The highest BCUT2D eigenvalue weighted by molar-refractivity contribution is 6.30. The zero-order chi connectivity index (χ0) is 13.4. The van der Waals surface area contributed by atoms with Crippen molar-refractivity contribution in [1.82, 2.24) is 9.55 Å². The van der Waals surface area contributed by atoms with E-state index in [1.54, 1.807) is 13.3 Å². The number of halogens is 1. The molecule has 3 nitrogen and oxygen atoms in total. The van der Waals surface area contributed by atoms with Gasteiger partial charge in [-0.1, -0.05) is 23.7 Å². The van der Waals surface area contributed by atoms with Crippen LogP contribution in [0.5, 0.6) is 5.75 Å². The van der Waals surface area contributed by atoms with Gasteiger partial charge < -0.3 is 9.30 Å². The molecule has 3 rings (SSSR count). The van der Waals surface area contributed by atoms with Crippen LogP contribution in [0.3, 0.4) is 0 Å². The number of benzene rings is 1. The van der Waals surface area contributed by atoms with Crippen molar-refractivity contribution in [1.29, 1.82) is 0 Å². The van der Waals surface area contributed by atoms with E-state index in [9.17, 15) is 0 Å². The van der Waals surface area contributed by atoms with Crippen molar-refractivity contribution in [3.05, 3.63) is 47.7 Å². The second kappa shape index (κ2) is 4.59. The number of hydrogen-bond donors (Lipinski definition) is 0. The smallest absolute Gasteiger partial charge is 0.131 e. The van der Waals surface area contributed by atoms with E-state index in [-0.39, 0.29) is 0 Å². The van der Waals surface area contributed by atoms with E-state index >= 15 is 0 Å². The number of hydrogen-bond acceptors (Lipinski definition) is 2. The maximum absolute atomic E-state index is 5.96. The molecule has 0 unspecified atom stereocenters. The first-order chi connectivity index (χ1) is 9.20. The van der Waals surface area contributed by atoms with Crippen LogP contribution in [-0.2, 0) is 7.05 Å². The van der Waals surface area contributed by atoms with E-state index in [2.05, 4.69) is 15.6 Å². The van der Waals surface area contributed by atoms with Crippen LogP contribution in [0.2, 0.25) is 5.15 Å². The second-order valence-corrected chi connectivity index (χ2v) is 4.74. The van der Waals surface area contributed by atoms with Crippen LogP contribution >= 0.6 is 11.6 Å². The number of para-hydroxylation sites is 1. The molecule has 0 atom stereocenters. The van der Waals surface area contributed by atoms with Crippen molar-refractivity contribution >= 4 is 22.5 Å². The van der Waals surface area contributed by atoms with Gasteiger partial charge in [0, 0.05) is 24.2 Å². The Morgan fingerprint density at radius 3 is 2.79 bits per heavy atom. The van der Waals surface area contributed by atoms with Gasteiger partial charge in [0.25, 0.3) is 0 Å². The molecule has 2 heterocycles. The fourth-order valence-corrected chi connectivity index (χ4v) is 2.47. The summed E-state index contributed by atoms with van der Waals surface area (Å²) in [6, 6.07) is 11.9. The number of nitrogens with zero attached hydrogens (tertiary/aromatic N) is 2. The van der Waals surface area contributed by atoms with Crippen molar-refractivity contribution in [2.24, 2.45) is 7.05 Å². The first kappa shape index (κ1) is 12.1. The third kappa shape index (κ3) is 1.96. The van der Waals surface area contributed by atoms with Gasteiger partial charge in [0.2, 0.25) is 0 Å². The second-order valence-electron chi connectivity index (χ2n) is 4.35. The van der Waals surface area contributed by atoms with Gasteiger partial charge in [-0.2, -0.15) is 0 Å². The van der Waals surface area contributed by atoms with E-state index < -0.39 is 0 Å². The predicted octanol–water partition coefficient (Wildman–Crippen LogP) is 3.90. The van der Waals surface area contributed by atoms with Crippen LogP contribution in [0.15, 0.2) is 42.6 Å². The Labute approximate surface area is 116 Å². The summed E-state index contributed by atoms with van der Waals surface area (Å²) in [6.45, 7) is 0. The van der Waals surface area contributed by atoms with Gasteiger partial charge in [-0.25, -0.2) is 4.98 Å². The van der Waals surface area contributed by atoms with E-state index in [4.69, 9.17) is 16.3 Å². The zero-order valence-electron chi connectivity index (χ0n) is 10.7. The van der Waals surface area contributed by atoms with Gasteiger partial charge in [0.05, 0.1) is 18.3 Å². The van der Waals surface area contributed by atoms with E-state index in [1.165, 1.54) is 0 Å². The van der Waals surface area contributed by atoms with Crippen molar-refractivity contribution in [3.63, 3.8) is 0 Å². The largest absolute Gasteiger partial charge is 0.496 e. The summed E-state index contributed by atoms with van der Waals surface area (Å²) >= 11 is 5.96. The van der Waals surface area contributed by atoms with E-state index in [0.717, 1.165) is 27.9 Å². The number of ether oxygens (including phenoxy) is 1. The zero-order valence-corrected chi connectivity index (χ0v) is 11.5. The molecule has 0 saturated carbocycles. The summed E-state index contributed by atoms with van der Waals surface area (Å²) in [5, 5.41) is 1.56. The molecule has 0 spiro atoms. The monoisotopic (exact) mass is 272 g/mol. The molecule has 0 bridgehead atoms. The van der Waals surface area contributed by atoms with Crippen LogP contribution in [0.1, 0.15) is 0 Å². The SMILES string of the molecule is COc1ccccc1-c1cc2cnc(Cl)cc2n1C. The number of rotatable bonds is 2. The van der Waals surface area contributed by atoms with Gasteiger partial charge in [0.1, 0.15) is 10.9 Å². The number of aromatic nitrogens is 2. The third-order valence-corrected chi connectivity index (χ3v) is 3.48. The molecule has 0 N–H and O–H groups in total. The molecule has 0 amide bonds. The molecular formula is C15H13ClN2O. The highest BCUT2D eigenvalue weighted by Crippen LogP contribution is 2.33. The fraction of sp³-hybridized carbons (Fsp3) is 0.133. The average molecular weight is 273 g/mol. The molecule has 96 valence electrons. The van der Waals surface area contributed by atoms with Crippen LogP contribution in [0, 0.1) is 0 Å². The van der Waals surface area contributed by atoms with Gasteiger partial charge >= 0.3 is 0 Å². The predicted molar refractivity (Wildman–Crippen MR) is 77.7 cm³/mol. The molecule has 0 saturated heterocycles. The quantitative estimate of drug-likeness (QED) is 0.662. The number of fused-ring (bicyclic) bond motifs is 1.